The molecular formula is C9H10FN3O. The highest BCUT2D eigenvalue weighted by Gasteiger charge is 2.10. The first-order valence-electron chi connectivity index (χ1n) is 4.10. The maximum Gasteiger partial charge on any atom is 0.123 e. The first-order valence-corrected chi connectivity index (χ1v) is 4.10. The molecule has 0 saturated heterocycles. The number of halogens is 1. The minimum atomic E-state index is -0.638. The Morgan fingerprint density at radius 2 is 2.36 bits per heavy atom. The minimum Gasteiger partial charge on any atom is -0.396 e. The van der Waals surface area contributed by atoms with Gasteiger partial charge in [0, 0.05) is 4.91 Å². The Bertz CT molecular complexity index is 374. The fourth-order valence-corrected chi connectivity index (χ4v) is 1.27. The molecule has 1 unspecified atom stereocenters. The van der Waals surface area contributed by atoms with Crippen molar-refractivity contribution in [3.8, 4) is 0 Å². The van der Waals surface area contributed by atoms with Crippen LogP contribution in [0.4, 0.5) is 4.39 Å². The van der Waals surface area contributed by atoms with E-state index in [1.165, 1.54) is 18.2 Å². The molecular weight excluding hydrogens is 185 g/mol. The van der Waals surface area contributed by atoms with Gasteiger partial charge in [-0.05, 0) is 35.7 Å². The van der Waals surface area contributed by atoms with Gasteiger partial charge >= 0.3 is 0 Å². The molecule has 0 aliphatic rings. The lowest BCUT2D eigenvalue weighted by Crippen LogP contribution is -2.02. The predicted octanol–water partition coefficient (Wildman–Crippen LogP) is 2.48. The number of hydrogen-bond acceptors (Lipinski definition) is 2. The number of nitrogens with zero attached hydrogens (tertiary/aromatic N) is 3. The SMILES string of the molecule is Cc1cc(F)ccc1C(CO)N=[N+]=[N-]. The van der Waals surface area contributed by atoms with Gasteiger partial charge < -0.3 is 5.11 Å². The summed E-state index contributed by atoms with van der Waals surface area (Å²) in [6.07, 6.45) is 0. The molecule has 0 heterocycles. The van der Waals surface area contributed by atoms with Gasteiger partial charge in [-0.15, -0.1) is 0 Å². The number of aryl methyl sites for hydroxylation is 1. The van der Waals surface area contributed by atoms with E-state index >= 15 is 0 Å². The minimum absolute atomic E-state index is 0.281. The van der Waals surface area contributed by atoms with Gasteiger partial charge in [0.15, 0.2) is 0 Å². The van der Waals surface area contributed by atoms with E-state index in [9.17, 15) is 4.39 Å². The molecule has 5 heteroatoms. The molecule has 74 valence electrons. The first-order chi connectivity index (χ1) is 6.69. The van der Waals surface area contributed by atoms with Gasteiger partial charge in [-0.25, -0.2) is 4.39 Å². The average molecular weight is 195 g/mol. The highest BCUT2D eigenvalue weighted by molar-refractivity contribution is 5.29. The van der Waals surface area contributed by atoms with Crippen LogP contribution in [0.15, 0.2) is 23.3 Å². The van der Waals surface area contributed by atoms with E-state index < -0.39 is 6.04 Å². The maximum atomic E-state index is 12.7. The van der Waals surface area contributed by atoms with E-state index in [0.29, 0.717) is 11.1 Å². The summed E-state index contributed by atoms with van der Waals surface area (Å²) in [7, 11) is 0. The van der Waals surface area contributed by atoms with Crippen LogP contribution >= 0.6 is 0 Å². The molecule has 1 rings (SSSR count). The van der Waals surface area contributed by atoms with Gasteiger partial charge in [-0.3, -0.25) is 0 Å². The summed E-state index contributed by atoms with van der Waals surface area (Å²) in [6, 6.07) is 3.49. The van der Waals surface area contributed by atoms with Crippen LogP contribution in [0.25, 0.3) is 10.4 Å². The lowest BCUT2D eigenvalue weighted by molar-refractivity contribution is 0.267. The van der Waals surface area contributed by atoms with Crippen molar-refractivity contribution in [2.75, 3.05) is 6.61 Å². The molecule has 4 nitrogen and oxygen atoms in total. The summed E-state index contributed by atoms with van der Waals surface area (Å²) in [4.78, 5) is 2.62. The number of aliphatic hydroxyl groups excluding tert-OH is 1. The summed E-state index contributed by atoms with van der Waals surface area (Å²) in [5.74, 6) is -0.344. The normalized spacial score (nSPS) is 11.9. The molecule has 1 atom stereocenters. The van der Waals surface area contributed by atoms with Crippen LogP contribution < -0.4 is 0 Å². The van der Waals surface area contributed by atoms with E-state index in [1.807, 2.05) is 0 Å². The molecule has 1 aromatic rings. The maximum absolute atomic E-state index is 12.7. The smallest absolute Gasteiger partial charge is 0.123 e. The average Bonchev–Trinajstić information content (AvgIpc) is 2.15. The number of azide groups is 1. The summed E-state index contributed by atoms with van der Waals surface area (Å²) in [5, 5.41) is 12.4. The standard InChI is InChI=1S/C9H10FN3O/c1-6-4-7(10)2-3-8(6)9(5-14)12-13-11/h2-4,9,14H,5H2,1H3. The molecule has 0 bridgehead atoms. The third kappa shape index (κ3) is 2.22. The lowest BCUT2D eigenvalue weighted by Gasteiger charge is -2.10. The summed E-state index contributed by atoms with van der Waals surface area (Å²) in [5.41, 5.74) is 9.56. The van der Waals surface area contributed by atoms with E-state index in [0.717, 1.165) is 0 Å². The zero-order valence-electron chi connectivity index (χ0n) is 7.68. The second-order valence-electron chi connectivity index (χ2n) is 2.90. The van der Waals surface area contributed by atoms with Gasteiger partial charge in [0.05, 0.1) is 12.6 Å². The van der Waals surface area contributed by atoms with Crippen molar-refractivity contribution in [2.45, 2.75) is 13.0 Å². The Morgan fingerprint density at radius 1 is 1.64 bits per heavy atom. The van der Waals surface area contributed by atoms with E-state index in [2.05, 4.69) is 10.0 Å². The summed E-state index contributed by atoms with van der Waals surface area (Å²) >= 11 is 0. The van der Waals surface area contributed by atoms with Crippen molar-refractivity contribution in [1.82, 2.24) is 0 Å². The Balaban J connectivity index is 3.10. The lowest BCUT2D eigenvalue weighted by atomic mass is 10.0. The van der Waals surface area contributed by atoms with E-state index in [1.54, 1.807) is 6.92 Å². The fraction of sp³-hybridized carbons (Fsp3) is 0.333. The van der Waals surface area contributed by atoms with Gasteiger partial charge in [0.2, 0.25) is 0 Å². The Hall–Kier alpha value is -1.58. The molecule has 0 amide bonds. The van der Waals surface area contributed by atoms with Crippen molar-refractivity contribution in [3.63, 3.8) is 0 Å². The largest absolute Gasteiger partial charge is 0.396 e. The van der Waals surface area contributed by atoms with Crippen molar-refractivity contribution in [1.29, 1.82) is 0 Å². The highest BCUT2D eigenvalue weighted by atomic mass is 19.1. The van der Waals surface area contributed by atoms with Crippen LogP contribution in [0.3, 0.4) is 0 Å². The zero-order valence-corrected chi connectivity index (χ0v) is 7.68. The van der Waals surface area contributed by atoms with Crippen molar-refractivity contribution in [2.24, 2.45) is 5.11 Å². The van der Waals surface area contributed by atoms with E-state index in [-0.39, 0.29) is 12.4 Å². The third-order valence-corrected chi connectivity index (χ3v) is 1.95. The van der Waals surface area contributed by atoms with Gasteiger partial charge in [0.1, 0.15) is 5.82 Å². The monoisotopic (exact) mass is 195 g/mol. The Labute approximate surface area is 80.6 Å². The van der Waals surface area contributed by atoms with Crippen LogP contribution in [0, 0.1) is 12.7 Å². The molecule has 0 saturated carbocycles. The fourth-order valence-electron chi connectivity index (χ4n) is 1.27. The van der Waals surface area contributed by atoms with Gasteiger partial charge in [0.25, 0.3) is 0 Å². The number of hydrogen-bond donors (Lipinski definition) is 1. The van der Waals surface area contributed by atoms with Crippen LogP contribution in [-0.2, 0) is 0 Å². The Morgan fingerprint density at radius 3 is 2.86 bits per heavy atom. The molecule has 0 aromatic heterocycles. The van der Waals surface area contributed by atoms with Crippen LogP contribution in [-0.4, -0.2) is 11.7 Å². The van der Waals surface area contributed by atoms with Crippen molar-refractivity contribution in [3.05, 3.63) is 45.6 Å². The zero-order chi connectivity index (χ0) is 10.6. The quantitative estimate of drug-likeness (QED) is 0.449. The topological polar surface area (TPSA) is 69.0 Å². The van der Waals surface area contributed by atoms with Gasteiger partial charge in [-0.2, -0.15) is 0 Å². The van der Waals surface area contributed by atoms with Gasteiger partial charge in [-0.1, -0.05) is 11.2 Å². The molecule has 0 spiro atoms. The number of rotatable bonds is 3. The second-order valence-corrected chi connectivity index (χ2v) is 2.90. The third-order valence-electron chi connectivity index (χ3n) is 1.95. The molecule has 0 aliphatic carbocycles. The van der Waals surface area contributed by atoms with Crippen LogP contribution in [0.2, 0.25) is 0 Å². The predicted molar refractivity (Wildman–Crippen MR) is 50.1 cm³/mol. The molecule has 0 aliphatic heterocycles. The molecule has 14 heavy (non-hydrogen) atoms. The summed E-state index contributed by atoms with van der Waals surface area (Å²) in [6.45, 7) is 1.42. The molecule has 1 aromatic carbocycles. The highest BCUT2D eigenvalue weighted by Crippen LogP contribution is 2.21. The molecule has 0 radical (unpaired) electrons. The van der Waals surface area contributed by atoms with E-state index in [4.69, 9.17) is 10.6 Å². The number of benzene rings is 1. The Kier molecular flexibility index (Phi) is 3.45. The first kappa shape index (κ1) is 10.5. The summed E-state index contributed by atoms with van der Waals surface area (Å²) < 4.78 is 12.7. The van der Waals surface area contributed by atoms with Crippen molar-refractivity contribution >= 4 is 0 Å². The second kappa shape index (κ2) is 4.60. The van der Waals surface area contributed by atoms with Crippen molar-refractivity contribution < 1.29 is 9.50 Å². The van der Waals surface area contributed by atoms with Crippen LogP contribution in [0.1, 0.15) is 17.2 Å². The molecule has 0 fully saturated rings. The van der Waals surface area contributed by atoms with Crippen LogP contribution in [0.5, 0.6) is 0 Å². The molecule has 1 N–H and O–H groups in total. The number of aliphatic hydroxyl groups is 1.